The first-order chi connectivity index (χ1) is 8.38. The summed E-state index contributed by atoms with van der Waals surface area (Å²) in [4.78, 5) is 4.28. The largest absolute Gasteiger partial charge is 0.443 e. The van der Waals surface area contributed by atoms with E-state index in [0.717, 1.165) is 36.3 Å². The van der Waals surface area contributed by atoms with Gasteiger partial charge in [0.1, 0.15) is 11.8 Å². The van der Waals surface area contributed by atoms with E-state index in [0.29, 0.717) is 0 Å². The van der Waals surface area contributed by atoms with Gasteiger partial charge in [0, 0.05) is 24.3 Å². The highest BCUT2D eigenvalue weighted by Gasteiger charge is 2.15. The molecule has 0 amide bonds. The molecule has 2 aromatic rings. The molecule has 5 nitrogen and oxygen atoms in total. The second-order valence-corrected chi connectivity index (χ2v) is 4.13. The Morgan fingerprint density at radius 1 is 1.41 bits per heavy atom. The molecule has 0 unspecified atom stereocenters. The van der Waals surface area contributed by atoms with Crippen molar-refractivity contribution < 1.29 is 4.42 Å². The summed E-state index contributed by atoms with van der Waals surface area (Å²) in [6.07, 6.45) is 2.57. The van der Waals surface area contributed by atoms with Crippen LogP contribution in [0.25, 0.3) is 11.1 Å². The van der Waals surface area contributed by atoms with Crippen LogP contribution in [0.1, 0.15) is 12.5 Å². The minimum Gasteiger partial charge on any atom is -0.443 e. The molecule has 0 spiro atoms. The zero-order valence-corrected chi connectivity index (χ0v) is 9.79. The minimum atomic E-state index is 0.143. The SMILES string of the molecule is CCc1c(NC2NCCN2)ccc2ocnc12. The zero-order chi connectivity index (χ0) is 11.7. The molecule has 17 heavy (non-hydrogen) atoms. The van der Waals surface area contributed by atoms with Crippen molar-refractivity contribution in [2.75, 3.05) is 18.4 Å². The van der Waals surface area contributed by atoms with Crippen molar-refractivity contribution in [2.24, 2.45) is 0 Å². The highest BCUT2D eigenvalue weighted by atomic mass is 16.3. The van der Waals surface area contributed by atoms with Gasteiger partial charge in [0.25, 0.3) is 0 Å². The fourth-order valence-corrected chi connectivity index (χ4v) is 2.24. The number of benzene rings is 1. The van der Waals surface area contributed by atoms with Gasteiger partial charge in [-0.05, 0) is 18.6 Å². The molecule has 0 atom stereocenters. The van der Waals surface area contributed by atoms with Gasteiger partial charge >= 0.3 is 0 Å². The molecule has 0 saturated carbocycles. The molecule has 0 bridgehead atoms. The predicted molar refractivity (Wildman–Crippen MR) is 66.8 cm³/mol. The Morgan fingerprint density at radius 2 is 2.24 bits per heavy atom. The molecule has 5 heteroatoms. The summed E-state index contributed by atoms with van der Waals surface area (Å²) in [5.74, 6) is 0. The lowest BCUT2D eigenvalue weighted by molar-refractivity contribution is 0.602. The molecule has 0 radical (unpaired) electrons. The number of aromatic nitrogens is 1. The van der Waals surface area contributed by atoms with E-state index < -0.39 is 0 Å². The Balaban J connectivity index is 1.96. The number of nitrogens with one attached hydrogen (secondary N) is 3. The molecule has 90 valence electrons. The standard InChI is InChI=1S/C12H16N4O/c1-2-8-9(16-12-13-5-6-14-12)3-4-10-11(8)15-7-17-10/h3-4,7,12-14,16H,2,5-6H2,1H3. The van der Waals surface area contributed by atoms with E-state index >= 15 is 0 Å². The molecular weight excluding hydrogens is 216 g/mol. The number of aryl methyl sites for hydroxylation is 1. The van der Waals surface area contributed by atoms with Crippen molar-refractivity contribution in [1.82, 2.24) is 15.6 Å². The number of fused-ring (bicyclic) bond motifs is 1. The predicted octanol–water partition coefficient (Wildman–Crippen LogP) is 1.28. The summed E-state index contributed by atoms with van der Waals surface area (Å²) >= 11 is 0. The van der Waals surface area contributed by atoms with Crippen LogP contribution in [0.4, 0.5) is 5.69 Å². The summed E-state index contributed by atoms with van der Waals surface area (Å²) in [6, 6.07) is 4.01. The number of hydrogen-bond acceptors (Lipinski definition) is 5. The summed E-state index contributed by atoms with van der Waals surface area (Å²) < 4.78 is 5.32. The van der Waals surface area contributed by atoms with Crippen LogP contribution in [0.5, 0.6) is 0 Å². The lowest BCUT2D eigenvalue weighted by Crippen LogP contribution is -2.39. The number of hydrogen-bond donors (Lipinski definition) is 3. The number of nitrogens with zero attached hydrogens (tertiary/aromatic N) is 1. The minimum absolute atomic E-state index is 0.143. The third-order valence-corrected chi connectivity index (χ3v) is 3.08. The third-order valence-electron chi connectivity index (χ3n) is 3.08. The molecule has 1 fully saturated rings. The van der Waals surface area contributed by atoms with E-state index in [2.05, 4.69) is 27.9 Å². The fourth-order valence-electron chi connectivity index (χ4n) is 2.24. The van der Waals surface area contributed by atoms with Gasteiger partial charge in [-0.2, -0.15) is 0 Å². The number of anilines is 1. The van der Waals surface area contributed by atoms with Crippen molar-refractivity contribution in [3.05, 3.63) is 24.1 Å². The molecule has 1 aromatic heterocycles. The fraction of sp³-hybridized carbons (Fsp3) is 0.417. The summed E-state index contributed by atoms with van der Waals surface area (Å²) in [5.41, 5.74) is 4.11. The maximum Gasteiger partial charge on any atom is 0.181 e. The van der Waals surface area contributed by atoms with Crippen molar-refractivity contribution in [3.8, 4) is 0 Å². The Bertz CT molecular complexity index is 516. The molecule has 1 aromatic carbocycles. The second-order valence-electron chi connectivity index (χ2n) is 4.13. The molecule has 3 rings (SSSR count). The summed E-state index contributed by atoms with van der Waals surface area (Å²) in [5, 5.41) is 10.1. The van der Waals surface area contributed by atoms with Gasteiger partial charge in [0.15, 0.2) is 12.0 Å². The Hall–Kier alpha value is -1.59. The highest BCUT2D eigenvalue weighted by Crippen LogP contribution is 2.26. The Kier molecular flexibility index (Phi) is 2.70. The zero-order valence-electron chi connectivity index (χ0n) is 9.79. The maximum atomic E-state index is 5.32. The second kappa shape index (κ2) is 4.35. The van der Waals surface area contributed by atoms with Gasteiger partial charge in [-0.3, -0.25) is 10.6 Å². The van der Waals surface area contributed by atoms with E-state index in [1.165, 1.54) is 12.0 Å². The van der Waals surface area contributed by atoms with Gasteiger partial charge in [0.2, 0.25) is 0 Å². The van der Waals surface area contributed by atoms with Gasteiger partial charge in [-0.15, -0.1) is 0 Å². The van der Waals surface area contributed by atoms with E-state index in [1.54, 1.807) is 0 Å². The third kappa shape index (κ3) is 1.87. The van der Waals surface area contributed by atoms with E-state index in [-0.39, 0.29) is 6.29 Å². The van der Waals surface area contributed by atoms with Crippen molar-refractivity contribution in [1.29, 1.82) is 0 Å². The first kappa shape index (κ1) is 10.6. The molecule has 0 aliphatic carbocycles. The summed E-state index contributed by atoms with van der Waals surface area (Å²) in [6.45, 7) is 4.11. The average molecular weight is 232 g/mol. The monoisotopic (exact) mass is 232 g/mol. The first-order valence-corrected chi connectivity index (χ1v) is 5.97. The topological polar surface area (TPSA) is 62.1 Å². The van der Waals surface area contributed by atoms with Crippen LogP contribution in [0.3, 0.4) is 0 Å². The molecular formula is C12H16N4O. The van der Waals surface area contributed by atoms with Gasteiger partial charge in [0.05, 0.1) is 0 Å². The van der Waals surface area contributed by atoms with Crippen molar-refractivity contribution >= 4 is 16.8 Å². The first-order valence-electron chi connectivity index (χ1n) is 5.97. The van der Waals surface area contributed by atoms with Crippen LogP contribution in [0.15, 0.2) is 22.9 Å². The Morgan fingerprint density at radius 3 is 3.00 bits per heavy atom. The van der Waals surface area contributed by atoms with Crippen LogP contribution in [0, 0.1) is 0 Å². The van der Waals surface area contributed by atoms with Crippen LogP contribution in [-0.2, 0) is 6.42 Å². The highest BCUT2D eigenvalue weighted by molar-refractivity contribution is 5.82. The van der Waals surface area contributed by atoms with Crippen LogP contribution < -0.4 is 16.0 Å². The molecule has 1 aliphatic rings. The summed E-state index contributed by atoms with van der Waals surface area (Å²) in [7, 11) is 0. The number of rotatable bonds is 3. The molecule has 1 aliphatic heterocycles. The van der Waals surface area contributed by atoms with Crippen LogP contribution >= 0.6 is 0 Å². The molecule has 2 heterocycles. The lowest BCUT2D eigenvalue weighted by atomic mass is 10.1. The van der Waals surface area contributed by atoms with Crippen molar-refractivity contribution in [2.45, 2.75) is 19.6 Å². The Labute approximate surface area is 99.6 Å². The lowest BCUT2D eigenvalue weighted by Gasteiger charge is -2.17. The van der Waals surface area contributed by atoms with E-state index in [1.807, 2.05) is 12.1 Å². The normalized spacial score (nSPS) is 16.8. The van der Waals surface area contributed by atoms with Gasteiger partial charge in [-0.1, -0.05) is 6.92 Å². The quantitative estimate of drug-likeness (QED) is 0.744. The average Bonchev–Trinajstić information content (AvgIpc) is 2.98. The van der Waals surface area contributed by atoms with Gasteiger partial charge < -0.3 is 9.73 Å². The molecule has 3 N–H and O–H groups in total. The van der Waals surface area contributed by atoms with Gasteiger partial charge in [-0.25, -0.2) is 4.98 Å². The van der Waals surface area contributed by atoms with Crippen LogP contribution in [-0.4, -0.2) is 24.4 Å². The van der Waals surface area contributed by atoms with E-state index in [9.17, 15) is 0 Å². The van der Waals surface area contributed by atoms with E-state index in [4.69, 9.17) is 4.42 Å². The molecule has 1 saturated heterocycles. The number of oxazole rings is 1. The van der Waals surface area contributed by atoms with Crippen molar-refractivity contribution in [3.63, 3.8) is 0 Å². The maximum absolute atomic E-state index is 5.32. The smallest absolute Gasteiger partial charge is 0.181 e. The van der Waals surface area contributed by atoms with Crippen LogP contribution in [0.2, 0.25) is 0 Å².